The second kappa shape index (κ2) is 8.98. The molecule has 0 saturated carbocycles. The maximum Gasteiger partial charge on any atom is 0.280 e. The summed E-state index contributed by atoms with van der Waals surface area (Å²) in [6.07, 6.45) is -4.85. The first kappa shape index (κ1) is 24.9. The predicted octanol–water partition coefficient (Wildman–Crippen LogP) is 7.14. The molecule has 1 atom stereocenters. The Balaban J connectivity index is 1.74. The first-order valence-corrected chi connectivity index (χ1v) is 11.4. The van der Waals surface area contributed by atoms with Crippen LogP contribution in [-0.2, 0) is 6.54 Å². The molecule has 192 valence electrons. The fourth-order valence-corrected chi connectivity index (χ4v) is 5.43. The molecule has 4 aromatic rings. The van der Waals surface area contributed by atoms with E-state index < -0.39 is 71.2 Å². The Morgan fingerprint density at radius 1 is 1.00 bits per heavy atom. The minimum Gasteiger partial charge on any atom is -0.359 e. The zero-order valence-corrected chi connectivity index (χ0v) is 19.3. The highest BCUT2D eigenvalue weighted by Crippen LogP contribution is 2.46. The van der Waals surface area contributed by atoms with Gasteiger partial charge in [-0.25, -0.2) is 40.1 Å². The molecule has 1 N–H and O–H groups in total. The number of fused-ring (bicyclic) bond motifs is 3. The van der Waals surface area contributed by atoms with Crippen molar-refractivity contribution in [3.05, 3.63) is 92.5 Å². The Hall–Kier alpha value is -3.74. The average Bonchev–Trinajstić information content (AvgIpc) is 3.23. The molecule has 37 heavy (non-hydrogen) atoms. The van der Waals surface area contributed by atoms with Crippen LogP contribution in [0.3, 0.4) is 0 Å². The van der Waals surface area contributed by atoms with Crippen molar-refractivity contribution in [3.63, 3.8) is 0 Å². The van der Waals surface area contributed by atoms with Gasteiger partial charge in [0.05, 0.1) is 11.3 Å². The highest BCUT2D eigenvalue weighted by Gasteiger charge is 2.41. The average molecular weight is 543 g/mol. The van der Waals surface area contributed by atoms with Gasteiger partial charge in [0.25, 0.3) is 12.3 Å². The molecule has 0 spiro atoms. The van der Waals surface area contributed by atoms with Crippen LogP contribution >= 0.6 is 11.3 Å². The van der Waals surface area contributed by atoms with Crippen molar-refractivity contribution in [3.8, 4) is 0 Å². The van der Waals surface area contributed by atoms with E-state index in [1.54, 1.807) is 0 Å². The standard InChI is InChI=1S/C24H13F8N3OS/c1-8-5-11(21(31)32)33-23-12(8)19-20(37-23)24(36)35(7-9-3-2-4-10(25)6-9)22(34-19)13-14(26)16(28)18(30)17(29)15(13)27/h2-6,21-22,34H,7H2,1H3/t22-/m1/s1. The maximum atomic E-state index is 14.9. The fraction of sp³-hybridized carbons (Fsp3) is 0.167. The zero-order valence-electron chi connectivity index (χ0n) is 18.5. The molecule has 0 bridgehead atoms. The molecule has 1 aliphatic rings. The number of hydrogen-bond donors (Lipinski definition) is 1. The van der Waals surface area contributed by atoms with Crippen LogP contribution in [-0.4, -0.2) is 15.8 Å². The van der Waals surface area contributed by atoms with Gasteiger partial charge < -0.3 is 10.2 Å². The van der Waals surface area contributed by atoms with Crippen molar-refractivity contribution >= 4 is 33.1 Å². The third-order valence-electron chi connectivity index (χ3n) is 5.91. The lowest BCUT2D eigenvalue weighted by Crippen LogP contribution is -2.43. The summed E-state index contributed by atoms with van der Waals surface area (Å²) >= 11 is 0.718. The second-order valence-corrected chi connectivity index (χ2v) is 9.24. The molecule has 1 aliphatic heterocycles. The van der Waals surface area contributed by atoms with Crippen LogP contribution < -0.4 is 5.32 Å². The lowest BCUT2D eigenvalue weighted by Gasteiger charge is -2.37. The lowest BCUT2D eigenvalue weighted by atomic mass is 10.0. The van der Waals surface area contributed by atoms with E-state index in [1.807, 2.05) is 0 Å². The molecule has 4 nitrogen and oxygen atoms in total. The summed E-state index contributed by atoms with van der Waals surface area (Å²) in [7, 11) is 0. The van der Waals surface area contributed by atoms with Gasteiger partial charge in [-0.3, -0.25) is 4.79 Å². The molecule has 3 heterocycles. The number of thiophene rings is 1. The van der Waals surface area contributed by atoms with E-state index in [0.29, 0.717) is 0 Å². The van der Waals surface area contributed by atoms with Crippen molar-refractivity contribution in [2.75, 3.05) is 5.32 Å². The third kappa shape index (κ3) is 3.97. The zero-order chi connectivity index (χ0) is 26.8. The van der Waals surface area contributed by atoms with Gasteiger partial charge in [-0.15, -0.1) is 11.3 Å². The summed E-state index contributed by atoms with van der Waals surface area (Å²) in [5.41, 5.74) is -1.55. The summed E-state index contributed by atoms with van der Waals surface area (Å²) < 4.78 is 112. The molecule has 0 saturated heterocycles. The van der Waals surface area contributed by atoms with Gasteiger partial charge in [0.2, 0.25) is 5.82 Å². The van der Waals surface area contributed by atoms with E-state index in [0.717, 1.165) is 34.4 Å². The van der Waals surface area contributed by atoms with E-state index in [4.69, 9.17) is 0 Å². The number of nitrogens with zero attached hydrogens (tertiary/aromatic N) is 2. The number of carbonyl (C=O) groups excluding carboxylic acids is 1. The molecule has 0 radical (unpaired) electrons. The number of alkyl halides is 2. The molecular formula is C24H13F8N3OS. The van der Waals surface area contributed by atoms with E-state index in [2.05, 4.69) is 10.3 Å². The monoisotopic (exact) mass is 543 g/mol. The molecule has 5 rings (SSSR count). The topological polar surface area (TPSA) is 45.2 Å². The molecular weight excluding hydrogens is 530 g/mol. The first-order valence-electron chi connectivity index (χ1n) is 10.5. The second-order valence-electron chi connectivity index (χ2n) is 8.24. The number of aryl methyl sites for hydroxylation is 1. The number of aromatic nitrogens is 1. The number of carbonyl (C=O) groups is 1. The quantitative estimate of drug-likeness (QED) is 0.169. The molecule has 1 amide bonds. The molecule has 2 aromatic carbocycles. The van der Waals surface area contributed by atoms with Crippen LogP contribution in [0.25, 0.3) is 10.2 Å². The third-order valence-corrected chi connectivity index (χ3v) is 6.98. The van der Waals surface area contributed by atoms with E-state index in [9.17, 15) is 39.9 Å². The Kier molecular flexibility index (Phi) is 6.05. The Bertz CT molecular complexity index is 1560. The lowest BCUT2D eigenvalue weighted by molar-refractivity contribution is 0.0664. The summed E-state index contributed by atoms with van der Waals surface area (Å²) in [6.45, 7) is 0.956. The van der Waals surface area contributed by atoms with Gasteiger partial charge in [-0.05, 0) is 36.2 Å². The van der Waals surface area contributed by atoms with Crippen molar-refractivity contribution in [1.82, 2.24) is 9.88 Å². The van der Waals surface area contributed by atoms with Crippen molar-refractivity contribution in [2.45, 2.75) is 26.1 Å². The molecule has 13 heteroatoms. The number of pyridine rings is 1. The SMILES string of the molecule is Cc1cc(C(F)F)nc2sc3c(c12)N[C@@H](c1c(F)c(F)c(F)c(F)c1F)N(Cc1cccc(F)c1)C3=O. The van der Waals surface area contributed by atoms with Gasteiger partial charge in [0.15, 0.2) is 23.3 Å². The van der Waals surface area contributed by atoms with Crippen LogP contribution in [0.15, 0.2) is 30.3 Å². The summed E-state index contributed by atoms with van der Waals surface area (Å²) in [5.74, 6) is -12.7. The van der Waals surface area contributed by atoms with Crippen LogP contribution in [0, 0.1) is 41.8 Å². The Morgan fingerprint density at radius 2 is 1.65 bits per heavy atom. The van der Waals surface area contributed by atoms with Crippen molar-refractivity contribution in [2.24, 2.45) is 0 Å². The Labute approximate surface area is 207 Å². The number of nitrogens with one attached hydrogen (secondary N) is 1. The highest BCUT2D eigenvalue weighted by atomic mass is 32.1. The molecule has 2 aromatic heterocycles. The fourth-order valence-electron chi connectivity index (χ4n) is 4.25. The minimum absolute atomic E-state index is 0.00455. The molecule has 0 aliphatic carbocycles. The van der Waals surface area contributed by atoms with E-state index in [1.165, 1.54) is 19.1 Å². The number of benzene rings is 2. The van der Waals surface area contributed by atoms with Gasteiger partial charge >= 0.3 is 0 Å². The van der Waals surface area contributed by atoms with Gasteiger partial charge in [-0.2, -0.15) is 0 Å². The molecule has 0 fully saturated rings. The number of rotatable bonds is 4. The number of hydrogen-bond acceptors (Lipinski definition) is 4. The summed E-state index contributed by atoms with van der Waals surface area (Å²) in [4.78, 5) is 18.1. The maximum absolute atomic E-state index is 14.9. The number of halogens is 8. The largest absolute Gasteiger partial charge is 0.359 e. The van der Waals surface area contributed by atoms with E-state index >= 15 is 0 Å². The molecule has 0 unspecified atom stereocenters. The van der Waals surface area contributed by atoms with Gasteiger partial charge in [-0.1, -0.05) is 12.1 Å². The van der Waals surface area contributed by atoms with Gasteiger partial charge in [0.1, 0.15) is 27.4 Å². The smallest absolute Gasteiger partial charge is 0.280 e. The van der Waals surface area contributed by atoms with Crippen LogP contribution in [0.4, 0.5) is 40.8 Å². The normalized spacial score (nSPS) is 15.5. The number of amides is 1. The van der Waals surface area contributed by atoms with Crippen molar-refractivity contribution in [1.29, 1.82) is 0 Å². The highest BCUT2D eigenvalue weighted by molar-refractivity contribution is 7.21. The Morgan fingerprint density at radius 3 is 2.27 bits per heavy atom. The predicted molar refractivity (Wildman–Crippen MR) is 118 cm³/mol. The van der Waals surface area contributed by atoms with Crippen LogP contribution in [0.2, 0.25) is 0 Å². The van der Waals surface area contributed by atoms with Gasteiger partial charge in [0, 0.05) is 11.9 Å². The summed E-state index contributed by atoms with van der Waals surface area (Å²) in [5, 5.41) is 2.83. The number of anilines is 1. The summed E-state index contributed by atoms with van der Waals surface area (Å²) in [6, 6.07) is 5.92. The van der Waals surface area contributed by atoms with E-state index in [-0.39, 0.29) is 31.9 Å². The van der Waals surface area contributed by atoms with Crippen molar-refractivity contribution < 1.29 is 39.9 Å². The van der Waals surface area contributed by atoms with Crippen LogP contribution in [0.5, 0.6) is 0 Å². The minimum atomic E-state index is -2.92. The first-order chi connectivity index (χ1) is 17.5. The van der Waals surface area contributed by atoms with Crippen LogP contribution in [0.1, 0.15) is 44.6 Å².